The molecule has 0 radical (unpaired) electrons. The van der Waals surface area contributed by atoms with Crippen LogP contribution in [0.4, 0.5) is 5.69 Å². The van der Waals surface area contributed by atoms with Gasteiger partial charge in [0.25, 0.3) is 11.8 Å². The molecule has 2 heterocycles. The summed E-state index contributed by atoms with van der Waals surface area (Å²) in [5, 5.41) is 0. The third-order valence-corrected chi connectivity index (χ3v) is 6.95. The number of ether oxygens (including phenoxy) is 1. The Kier molecular flexibility index (Phi) is 7.97. The third-order valence-electron chi connectivity index (χ3n) is 6.95. The van der Waals surface area contributed by atoms with Crippen LogP contribution in [0.3, 0.4) is 0 Å². The van der Waals surface area contributed by atoms with E-state index in [0.717, 1.165) is 24.1 Å². The highest BCUT2D eigenvalue weighted by atomic mass is 16.5. The van der Waals surface area contributed by atoms with Crippen LogP contribution < -0.4 is 9.64 Å². The number of likely N-dealkylation sites (N-methyl/N-ethyl adjacent to an activating group) is 1. The first-order valence-electron chi connectivity index (χ1n) is 12.7. The summed E-state index contributed by atoms with van der Waals surface area (Å²) in [6, 6.07) is 15.8. The minimum absolute atomic E-state index is 0.0432. The minimum atomic E-state index is -0.207. The van der Waals surface area contributed by atoms with E-state index in [9.17, 15) is 9.59 Å². The second-order valence-corrected chi connectivity index (χ2v) is 10.3. The summed E-state index contributed by atoms with van der Waals surface area (Å²) in [4.78, 5) is 36.2. The molecule has 0 saturated carbocycles. The van der Waals surface area contributed by atoms with E-state index in [4.69, 9.17) is 9.15 Å². The summed E-state index contributed by atoms with van der Waals surface area (Å²) in [7, 11) is 3.95. The molecule has 1 aliphatic heterocycles. The van der Waals surface area contributed by atoms with Crippen LogP contribution >= 0.6 is 0 Å². The highest BCUT2D eigenvalue weighted by Crippen LogP contribution is 2.38. The average molecular weight is 505 g/mol. The maximum absolute atomic E-state index is 13.4. The van der Waals surface area contributed by atoms with Crippen LogP contribution in [0.1, 0.15) is 54.7 Å². The van der Waals surface area contributed by atoms with Crippen molar-refractivity contribution < 1.29 is 18.7 Å². The molecule has 37 heavy (non-hydrogen) atoms. The Balaban J connectivity index is 1.55. The number of nitrogens with zero attached hydrogens (tertiary/aromatic N) is 4. The zero-order chi connectivity index (χ0) is 26.6. The summed E-state index contributed by atoms with van der Waals surface area (Å²) < 4.78 is 11.4. The lowest BCUT2D eigenvalue weighted by molar-refractivity contribution is -0.121. The van der Waals surface area contributed by atoms with Gasteiger partial charge in [-0.25, -0.2) is 4.98 Å². The lowest BCUT2D eigenvalue weighted by Crippen LogP contribution is -2.38. The fraction of sp³-hybridized carbons (Fsp3) is 0.414. The van der Waals surface area contributed by atoms with Crippen molar-refractivity contribution in [3.05, 3.63) is 77.5 Å². The van der Waals surface area contributed by atoms with E-state index in [1.54, 1.807) is 9.80 Å². The summed E-state index contributed by atoms with van der Waals surface area (Å²) in [6.45, 7) is 8.31. The fourth-order valence-electron chi connectivity index (χ4n) is 4.16. The standard InChI is InChI=1S/C29H36N4O4/c1-6-29(2,3)22-12-13-25-24(16-22)33(27(34)20-36-25)18-26-30-23(19-37-26)28(35)32(15-14-31(4)5)17-21-10-8-7-9-11-21/h7-13,16,19H,6,14-15,17-18,20H2,1-5H3. The predicted octanol–water partition coefficient (Wildman–Crippen LogP) is 4.49. The highest BCUT2D eigenvalue weighted by molar-refractivity contribution is 5.98. The number of anilines is 1. The van der Waals surface area contributed by atoms with Gasteiger partial charge in [0, 0.05) is 19.6 Å². The molecular weight excluding hydrogens is 468 g/mol. The molecule has 4 rings (SSSR count). The van der Waals surface area contributed by atoms with E-state index in [1.165, 1.54) is 6.26 Å². The van der Waals surface area contributed by atoms with Crippen LogP contribution in [-0.4, -0.2) is 60.4 Å². The van der Waals surface area contributed by atoms with Gasteiger partial charge in [-0.1, -0.05) is 57.2 Å². The third kappa shape index (κ3) is 6.20. The lowest BCUT2D eigenvalue weighted by atomic mass is 9.82. The quantitative estimate of drug-likeness (QED) is 0.405. The van der Waals surface area contributed by atoms with Crippen molar-refractivity contribution in [1.82, 2.24) is 14.8 Å². The number of hydrogen-bond acceptors (Lipinski definition) is 6. The van der Waals surface area contributed by atoms with Gasteiger partial charge in [0.1, 0.15) is 18.6 Å². The number of aromatic nitrogens is 1. The maximum Gasteiger partial charge on any atom is 0.276 e. The van der Waals surface area contributed by atoms with Crippen molar-refractivity contribution in [3.8, 4) is 5.75 Å². The van der Waals surface area contributed by atoms with Gasteiger partial charge in [0.15, 0.2) is 12.3 Å². The van der Waals surface area contributed by atoms with Crippen LogP contribution in [0.5, 0.6) is 5.75 Å². The number of carbonyl (C=O) groups excluding carboxylic acids is 2. The number of amides is 2. The Morgan fingerprint density at radius 2 is 1.86 bits per heavy atom. The molecule has 0 bridgehead atoms. The smallest absolute Gasteiger partial charge is 0.276 e. The first kappa shape index (κ1) is 26.4. The molecule has 0 N–H and O–H groups in total. The van der Waals surface area contributed by atoms with E-state index in [2.05, 4.69) is 25.8 Å². The van der Waals surface area contributed by atoms with Gasteiger partial charge in [-0.2, -0.15) is 0 Å². The van der Waals surface area contributed by atoms with Crippen molar-refractivity contribution >= 4 is 17.5 Å². The summed E-state index contributed by atoms with van der Waals surface area (Å²) >= 11 is 0. The Hall–Kier alpha value is -3.65. The average Bonchev–Trinajstić information content (AvgIpc) is 3.36. The Bertz CT molecular complexity index is 1240. The van der Waals surface area contributed by atoms with Gasteiger partial charge in [0.05, 0.1) is 5.69 Å². The maximum atomic E-state index is 13.4. The van der Waals surface area contributed by atoms with Crippen molar-refractivity contribution in [3.63, 3.8) is 0 Å². The SMILES string of the molecule is CCC(C)(C)c1ccc2c(c1)N(Cc1nc(C(=O)N(CCN(C)C)Cc3ccccc3)co1)C(=O)CO2. The molecule has 2 amide bonds. The molecule has 1 aromatic heterocycles. The van der Waals surface area contributed by atoms with Crippen molar-refractivity contribution in [2.45, 2.75) is 45.7 Å². The first-order valence-corrected chi connectivity index (χ1v) is 12.7. The predicted molar refractivity (Wildman–Crippen MR) is 143 cm³/mol. The summed E-state index contributed by atoms with van der Waals surface area (Å²) in [5.74, 6) is 0.566. The number of rotatable bonds is 10. The Labute approximate surface area is 218 Å². The van der Waals surface area contributed by atoms with Crippen molar-refractivity contribution in [1.29, 1.82) is 0 Å². The molecule has 0 aliphatic carbocycles. The van der Waals surface area contributed by atoms with Crippen LogP contribution in [0.15, 0.2) is 59.2 Å². The molecule has 0 atom stereocenters. The van der Waals surface area contributed by atoms with Crippen LogP contribution in [-0.2, 0) is 23.3 Å². The monoisotopic (exact) mass is 504 g/mol. The number of carbonyl (C=O) groups is 2. The van der Waals surface area contributed by atoms with E-state index >= 15 is 0 Å². The van der Waals surface area contributed by atoms with E-state index < -0.39 is 0 Å². The molecule has 8 heteroatoms. The van der Waals surface area contributed by atoms with Crippen LogP contribution in [0, 0.1) is 0 Å². The van der Waals surface area contributed by atoms with E-state index in [1.807, 2.05) is 67.5 Å². The van der Waals surface area contributed by atoms with Gasteiger partial charge in [-0.3, -0.25) is 14.5 Å². The number of hydrogen-bond donors (Lipinski definition) is 0. The van der Waals surface area contributed by atoms with Crippen molar-refractivity contribution in [2.75, 3.05) is 38.7 Å². The first-order chi connectivity index (χ1) is 17.7. The normalized spacial score (nSPS) is 13.5. The molecule has 3 aromatic rings. The molecule has 0 saturated heterocycles. The highest BCUT2D eigenvalue weighted by Gasteiger charge is 2.30. The molecule has 0 unspecified atom stereocenters. The Morgan fingerprint density at radius 3 is 2.57 bits per heavy atom. The second kappa shape index (κ2) is 11.2. The fourth-order valence-corrected chi connectivity index (χ4v) is 4.16. The summed E-state index contributed by atoms with van der Waals surface area (Å²) in [6.07, 6.45) is 2.34. The second-order valence-electron chi connectivity index (χ2n) is 10.3. The lowest BCUT2D eigenvalue weighted by Gasteiger charge is -2.31. The molecule has 0 fully saturated rings. The van der Waals surface area contributed by atoms with Gasteiger partial charge >= 0.3 is 0 Å². The van der Waals surface area contributed by atoms with Crippen LogP contribution in [0.25, 0.3) is 0 Å². The topological polar surface area (TPSA) is 79.1 Å². The van der Waals surface area contributed by atoms with E-state index in [-0.39, 0.29) is 36.1 Å². The Morgan fingerprint density at radius 1 is 1.11 bits per heavy atom. The summed E-state index contributed by atoms with van der Waals surface area (Å²) in [5.41, 5.74) is 3.04. The number of oxazole rings is 1. The van der Waals surface area contributed by atoms with Gasteiger partial charge in [-0.05, 0) is 49.2 Å². The minimum Gasteiger partial charge on any atom is -0.482 e. The molecule has 2 aromatic carbocycles. The molecule has 196 valence electrons. The molecular formula is C29H36N4O4. The molecule has 0 spiro atoms. The van der Waals surface area contributed by atoms with Crippen LogP contribution in [0.2, 0.25) is 0 Å². The van der Waals surface area contributed by atoms with Gasteiger partial charge in [-0.15, -0.1) is 0 Å². The zero-order valence-electron chi connectivity index (χ0n) is 22.4. The molecule has 8 nitrogen and oxygen atoms in total. The van der Waals surface area contributed by atoms with Gasteiger partial charge in [0.2, 0.25) is 5.89 Å². The van der Waals surface area contributed by atoms with Gasteiger partial charge < -0.3 is 19.0 Å². The van der Waals surface area contributed by atoms with E-state index in [0.29, 0.717) is 30.4 Å². The van der Waals surface area contributed by atoms with Crippen molar-refractivity contribution in [2.24, 2.45) is 0 Å². The number of fused-ring (bicyclic) bond motifs is 1. The zero-order valence-corrected chi connectivity index (χ0v) is 22.4. The number of benzene rings is 2. The largest absolute Gasteiger partial charge is 0.482 e. The molecule has 1 aliphatic rings.